The second-order valence-corrected chi connectivity index (χ2v) is 7.93. The Bertz CT molecular complexity index is 1030. The molecule has 24 heavy (non-hydrogen) atoms. The Morgan fingerprint density at radius 1 is 1.04 bits per heavy atom. The highest BCUT2D eigenvalue weighted by Crippen LogP contribution is 2.52. The van der Waals surface area contributed by atoms with Gasteiger partial charge in [-0.2, -0.15) is 4.57 Å². The van der Waals surface area contributed by atoms with Gasteiger partial charge in [0.2, 0.25) is 12.4 Å². The second-order valence-electron chi connectivity index (χ2n) is 7.93. The highest BCUT2D eigenvalue weighted by molar-refractivity contribution is 5.90. The van der Waals surface area contributed by atoms with Gasteiger partial charge in [0, 0.05) is 28.3 Å². The molecule has 0 atom stereocenters. The number of pyridine rings is 1. The van der Waals surface area contributed by atoms with Gasteiger partial charge in [0.1, 0.15) is 0 Å². The zero-order chi connectivity index (χ0) is 16.8. The molecule has 2 aliphatic rings. The van der Waals surface area contributed by atoms with Crippen molar-refractivity contribution in [1.29, 1.82) is 0 Å². The minimum absolute atomic E-state index is 0.0610. The third kappa shape index (κ3) is 1.45. The van der Waals surface area contributed by atoms with E-state index < -0.39 is 0 Å². The monoisotopic (exact) mass is 315 g/mol. The van der Waals surface area contributed by atoms with Gasteiger partial charge in [-0.15, -0.1) is 0 Å². The van der Waals surface area contributed by atoms with Crippen molar-refractivity contribution in [3.05, 3.63) is 64.5 Å². The summed E-state index contributed by atoms with van der Waals surface area (Å²) in [5, 5.41) is 0. The van der Waals surface area contributed by atoms with E-state index in [1.807, 2.05) is 0 Å². The summed E-state index contributed by atoms with van der Waals surface area (Å²) in [6.07, 6.45) is 2.26. The first-order chi connectivity index (χ1) is 11.4. The third-order valence-corrected chi connectivity index (χ3v) is 6.07. The molecule has 0 saturated carbocycles. The van der Waals surface area contributed by atoms with E-state index in [-0.39, 0.29) is 5.41 Å². The highest BCUT2D eigenvalue weighted by atomic mass is 15.2. The van der Waals surface area contributed by atoms with Crippen LogP contribution in [0.15, 0.2) is 36.5 Å². The Morgan fingerprint density at radius 2 is 1.83 bits per heavy atom. The van der Waals surface area contributed by atoms with E-state index in [2.05, 4.69) is 80.3 Å². The lowest BCUT2D eigenvalue weighted by molar-refractivity contribution is -0.690. The van der Waals surface area contributed by atoms with E-state index >= 15 is 0 Å². The lowest BCUT2D eigenvalue weighted by atomic mass is 9.80. The minimum atomic E-state index is 0.0610. The van der Waals surface area contributed by atoms with Crippen LogP contribution in [0, 0.1) is 20.8 Å². The van der Waals surface area contributed by atoms with Crippen molar-refractivity contribution in [2.45, 2.75) is 46.7 Å². The van der Waals surface area contributed by atoms with Crippen molar-refractivity contribution < 1.29 is 4.57 Å². The summed E-state index contributed by atoms with van der Waals surface area (Å²) in [5.41, 5.74) is 12.8. The van der Waals surface area contributed by atoms with Crippen LogP contribution >= 0.6 is 0 Å². The number of aromatic nitrogens is 2. The van der Waals surface area contributed by atoms with Gasteiger partial charge >= 0.3 is 0 Å². The normalized spacial score (nSPS) is 15.9. The molecular weight excluding hydrogens is 292 g/mol. The Labute approximate surface area is 143 Å². The highest BCUT2D eigenvalue weighted by Gasteiger charge is 2.45. The third-order valence-electron chi connectivity index (χ3n) is 6.07. The standard InChI is InChI=1S/C22H23N2/c1-13-9-10-23-12-24-15(3)11-14(2)20(24)16-7-6-8-17-18(16)21(23)19(13)22(17,4)5/h6-11H,12H2,1-5H3/q+1. The first-order valence-electron chi connectivity index (χ1n) is 8.75. The van der Waals surface area contributed by atoms with Crippen LogP contribution in [0.25, 0.3) is 22.5 Å². The van der Waals surface area contributed by atoms with Crippen LogP contribution in [0.3, 0.4) is 0 Å². The second kappa shape index (κ2) is 4.18. The van der Waals surface area contributed by atoms with Crippen molar-refractivity contribution in [2.24, 2.45) is 0 Å². The summed E-state index contributed by atoms with van der Waals surface area (Å²) >= 11 is 0. The predicted molar refractivity (Wildman–Crippen MR) is 97.2 cm³/mol. The maximum absolute atomic E-state index is 2.46. The molecule has 0 fully saturated rings. The van der Waals surface area contributed by atoms with Crippen LogP contribution < -0.4 is 4.57 Å². The number of nitrogens with zero attached hydrogens (tertiary/aromatic N) is 2. The van der Waals surface area contributed by atoms with Crippen molar-refractivity contribution in [3.8, 4) is 22.5 Å². The number of rotatable bonds is 0. The Morgan fingerprint density at radius 3 is 2.62 bits per heavy atom. The topological polar surface area (TPSA) is 8.81 Å². The van der Waals surface area contributed by atoms with Gasteiger partial charge in [-0.1, -0.05) is 32.0 Å². The molecule has 1 aliphatic carbocycles. The fourth-order valence-corrected chi connectivity index (χ4v) is 5.07. The predicted octanol–water partition coefficient (Wildman–Crippen LogP) is 4.49. The average molecular weight is 315 g/mol. The van der Waals surface area contributed by atoms with Crippen LogP contribution in [-0.4, -0.2) is 4.57 Å². The lowest BCUT2D eigenvalue weighted by Gasteiger charge is -2.22. The van der Waals surface area contributed by atoms with Gasteiger partial charge in [-0.05, 0) is 43.5 Å². The molecule has 2 aromatic heterocycles. The molecular formula is C22H23N2+. The van der Waals surface area contributed by atoms with Crippen molar-refractivity contribution in [1.82, 2.24) is 4.57 Å². The Balaban J connectivity index is 2.04. The molecule has 2 nitrogen and oxygen atoms in total. The quantitative estimate of drug-likeness (QED) is 0.423. The van der Waals surface area contributed by atoms with Gasteiger partial charge in [0.15, 0.2) is 6.20 Å². The summed E-state index contributed by atoms with van der Waals surface area (Å²) in [6, 6.07) is 11.5. The summed E-state index contributed by atoms with van der Waals surface area (Å²) < 4.78 is 4.91. The van der Waals surface area contributed by atoms with E-state index in [4.69, 9.17) is 0 Å². The van der Waals surface area contributed by atoms with E-state index in [0.717, 1.165) is 6.67 Å². The SMILES string of the molecule is Cc1cc[n+]2c3c1C(C)(C)c1cccc(c1-3)-c1c(C)cc(C)n1C2. The van der Waals surface area contributed by atoms with Crippen LogP contribution in [0.4, 0.5) is 0 Å². The largest absolute Gasteiger partial charge is 0.289 e. The molecule has 0 unspecified atom stereocenters. The van der Waals surface area contributed by atoms with E-state index in [1.165, 1.54) is 50.5 Å². The molecule has 3 aromatic rings. The molecule has 2 heteroatoms. The molecule has 0 saturated heterocycles. The number of aryl methyl sites for hydroxylation is 3. The maximum Gasteiger partial charge on any atom is 0.228 e. The summed E-state index contributed by atoms with van der Waals surface area (Å²) in [7, 11) is 0. The van der Waals surface area contributed by atoms with Crippen molar-refractivity contribution in [2.75, 3.05) is 0 Å². The molecule has 0 N–H and O–H groups in total. The maximum atomic E-state index is 2.46. The van der Waals surface area contributed by atoms with E-state index in [9.17, 15) is 0 Å². The number of benzene rings is 1. The summed E-state index contributed by atoms with van der Waals surface area (Å²) in [6.45, 7) is 12.4. The van der Waals surface area contributed by atoms with E-state index in [1.54, 1.807) is 0 Å². The molecule has 0 amide bonds. The van der Waals surface area contributed by atoms with Gasteiger partial charge in [0.05, 0.1) is 11.3 Å². The fourth-order valence-electron chi connectivity index (χ4n) is 5.07. The minimum Gasteiger partial charge on any atom is -0.289 e. The first-order valence-corrected chi connectivity index (χ1v) is 8.75. The molecule has 3 heterocycles. The lowest BCUT2D eigenvalue weighted by Crippen LogP contribution is -2.40. The molecule has 0 radical (unpaired) electrons. The Kier molecular flexibility index (Phi) is 2.45. The van der Waals surface area contributed by atoms with Crippen LogP contribution in [0.2, 0.25) is 0 Å². The van der Waals surface area contributed by atoms with Gasteiger partial charge in [0.25, 0.3) is 0 Å². The summed E-state index contributed by atoms with van der Waals surface area (Å²) in [4.78, 5) is 0. The van der Waals surface area contributed by atoms with Gasteiger partial charge in [-0.25, -0.2) is 0 Å². The molecule has 1 aliphatic heterocycles. The average Bonchev–Trinajstić information content (AvgIpc) is 2.87. The first kappa shape index (κ1) is 14.0. The van der Waals surface area contributed by atoms with Crippen molar-refractivity contribution >= 4 is 0 Å². The molecule has 5 rings (SSSR count). The number of fused-ring (bicyclic) bond motifs is 2. The van der Waals surface area contributed by atoms with Crippen molar-refractivity contribution in [3.63, 3.8) is 0 Å². The van der Waals surface area contributed by atoms with Crippen LogP contribution in [-0.2, 0) is 12.1 Å². The zero-order valence-corrected chi connectivity index (χ0v) is 15.1. The smallest absolute Gasteiger partial charge is 0.228 e. The van der Waals surface area contributed by atoms with Crippen LogP contribution in [0.1, 0.15) is 41.8 Å². The van der Waals surface area contributed by atoms with Gasteiger partial charge in [-0.3, -0.25) is 4.57 Å². The number of hydrogen-bond acceptors (Lipinski definition) is 0. The zero-order valence-electron chi connectivity index (χ0n) is 15.1. The number of hydrogen-bond donors (Lipinski definition) is 0. The molecule has 0 bridgehead atoms. The molecule has 0 spiro atoms. The summed E-state index contributed by atoms with van der Waals surface area (Å²) in [5.74, 6) is 0. The molecule has 1 aromatic carbocycles. The van der Waals surface area contributed by atoms with Gasteiger partial charge < -0.3 is 0 Å². The van der Waals surface area contributed by atoms with E-state index in [0.29, 0.717) is 0 Å². The Hall–Kier alpha value is -2.35. The fraction of sp³-hybridized carbons (Fsp3) is 0.318. The molecule has 120 valence electrons. The van der Waals surface area contributed by atoms with Crippen LogP contribution in [0.5, 0.6) is 0 Å².